The summed E-state index contributed by atoms with van der Waals surface area (Å²) in [6.07, 6.45) is 0.823. The highest BCUT2D eigenvalue weighted by Gasteiger charge is 2.04. The Bertz CT molecular complexity index is 629. The summed E-state index contributed by atoms with van der Waals surface area (Å²) >= 11 is 4.73. The van der Waals surface area contributed by atoms with Crippen molar-refractivity contribution >= 4 is 34.4 Å². The topological polar surface area (TPSA) is 36.4 Å². The average molecular weight is 283 g/mol. The van der Waals surface area contributed by atoms with E-state index in [9.17, 15) is 0 Å². The second-order valence-electron chi connectivity index (χ2n) is 4.42. The van der Waals surface area contributed by atoms with Crippen LogP contribution < -0.4 is 10.6 Å². The third-order valence-electron chi connectivity index (χ3n) is 3.18. The molecule has 102 valence electrons. The van der Waals surface area contributed by atoms with Gasteiger partial charge in [0, 0.05) is 25.5 Å². The highest BCUT2D eigenvalue weighted by atomic mass is 32.1. The molecule has 2 rings (SSSR count). The zero-order chi connectivity index (χ0) is 14.4. The van der Waals surface area contributed by atoms with Crippen LogP contribution >= 0.6 is 12.2 Å². The molecule has 0 unspecified atom stereocenters. The molecule has 20 heavy (non-hydrogen) atoms. The Morgan fingerprint density at radius 2 is 1.65 bits per heavy atom. The van der Waals surface area contributed by atoms with E-state index in [1.165, 1.54) is 5.56 Å². The van der Waals surface area contributed by atoms with Crippen LogP contribution in [-0.4, -0.2) is 19.3 Å². The fourth-order valence-electron chi connectivity index (χ4n) is 2.03. The van der Waals surface area contributed by atoms with Crippen LogP contribution in [0.1, 0.15) is 11.1 Å². The number of thiocarbonyl (C=S) groups is 1. The van der Waals surface area contributed by atoms with Crippen molar-refractivity contribution < 1.29 is 0 Å². The minimum Gasteiger partial charge on any atom is -0.388 e. The predicted molar refractivity (Wildman–Crippen MR) is 89.5 cm³/mol. The fourth-order valence-corrected chi connectivity index (χ4v) is 2.13. The van der Waals surface area contributed by atoms with Crippen LogP contribution in [0.2, 0.25) is 0 Å². The Morgan fingerprint density at radius 3 is 2.25 bits per heavy atom. The molecule has 0 fully saturated rings. The molecule has 2 N–H and O–H groups in total. The van der Waals surface area contributed by atoms with Crippen molar-refractivity contribution in [3.05, 3.63) is 53.6 Å². The monoisotopic (exact) mass is 283 g/mol. The van der Waals surface area contributed by atoms with Gasteiger partial charge in [-0.3, -0.25) is 0 Å². The summed E-state index contributed by atoms with van der Waals surface area (Å²) in [5.74, 6) is 0. The predicted octanol–water partition coefficient (Wildman–Crippen LogP) is 4.10. The number of anilines is 2. The van der Waals surface area contributed by atoms with Crippen LogP contribution in [0.25, 0.3) is 0 Å². The van der Waals surface area contributed by atoms with E-state index in [2.05, 4.69) is 51.1 Å². The second-order valence-corrected chi connectivity index (χ2v) is 4.60. The maximum absolute atomic E-state index is 4.73. The average Bonchev–Trinajstić information content (AvgIpc) is 2.50. The van der Waals surface area contributed by atoms with Crippen molar-refractivity contribution in [2.75, 3.05) is 24.7 Å². The van der Waals surface area contributed by atoms with Crippen molar-refractivity contribution in [1.82, 2.24) is 0 Å². The molecule has 0 aromatic heterocycles. The van der Waals surface area contributed by atoms with Crippen molar-refractivity contribution in [1.29, 1.82) is 0 Å². The van der Waals surface area contributed by atoms with Gasteiger partial charge in [-0.2, -0.15) is 4.99 Å². The van der Waals surface area contributed by atoms with Gasteiger partial charge in [0.1, 0.15) is 0 Å². The summed E-state index contributed by atoms with van der Waals surface area (Å²) in [7, 11) is 3.80. The Balaban J connectivity index is 2.29. The van der Waals surface area contributed by atoms with Gasteiger partial charge in [0.15, 0.2) is 0 Å². The van der Waals surface area contributed by atoms with Gasteiger partial charge in [-0.1, -0.05) is 18.2 Å². The first-order valence-electron chi connectivity index (χ1n) is 6.42. The first-order valence-corrected chi connectivity index (χ1v) is 6.83. The quantitative estimate of drug-likeness (QED) is 0.641. The molecular weight excluding hydrogens is 266 g/mol. The number of nitrogens with zero attached hydrogens (tertiary/aromatic N) is 1. The Morgan fingerprint density at radius 1 is 1.00 bits per heavy atom. The smallest absolute Gasteiger partial charge is 0.0795 e. The lowest BCUT2D eigenvalue weighted by molar-refractivity contribution is 1.18. The van der Waals surface area contributed by atoms with Gasteiger partial charge in [0.2, 0.25) is 0 Å². The van der Waals surface area contributed by atoms with Gasteiger partial charge in [-0.15, -0.1) is 0 Å². The highest BCUT2D eigenvalue weighted by Crippen LogP contribution is 2.26. The first-order chi connectivity index (χ1) is 9.76. The zero-order valence-corrected chi connectivity index (χ0v) is 12.4. The molecular formula is C16H17N3S. The molecule has 0 heterocycles. The molecule has 3 nitrogen and oxygen atoms in total. The van der Waals surface area contributed by atoms with Gasteiger partial charge in [0.05, 0.1) is 10.8 Å². The SMILES string of the molecule is CNc1ccc(Cc2ccc(NC)cc2N=C=S)cc1. The minimum atomic E-state index is 0.823. The summed E-state index contributed by atoms with van der Waals surface area (Å²) < 4.78 is 0. The number of rotatable bonds is 5. The van der Waals surface area contributed by atoms with E-state index in [-0.39, 0.29) is 0 Å². The van der Waals surface area contributed by atoms with Gasteiger partial charge < -0.3 is 10.6 Å². The van der Waals surface area contributed by atoms with Gasteiger partial charge in [0.25, 0.3) is 0 Å². The normalized spacial score (nSPS) is 9.70. The molecule has 0 spiro atoms. The van der Waals surface area contributed by atoms with Crippen LogP contribution in [0.5, 0.6) is 0 Å². The molecule has 0 atom stereocenters. The van der Waals surface area contributed by atoms with Gasteiger partial charge >= 0.3 is 0 Å². The molecule has 0 radical (unpaired) electrons. The van der Waals surface area contributed by atoms with Crippen LogP contribution in [-0.2, 0) is 6.42 Å². The standard InChI is InChI=1S/C16H17N3S/c1-17-14-6-3-12(4-7-14)9-13-5-8-15(18-2)10-16(13)19-11-20/h3-8,10,17-18H,9H2,1-2H3. The Hall–Kier alpha value is -2.16. The number of benzene rings is 2. The molecule has 2 aromatic carbocycles. The van der Waals surface area contributed by atoms with Crippen LogP contribution in [0.4, 0.5) is 17.1 Å². The molecule has 0 aliphatic carbocycles. The van der Waals surface area contributed by atoms with Crippen LogP contribution in [0.15, 0.2) is 47.5 Å². The van der Waals surface area contributed by atoms with Crippen LogP contribution in [0, 0.1) is 0 Å². The fraction of sp³-hybridized carbons (Fsp3) is 0.188. The van der Waals surface area contributed by atoms with Crippen molar-refractivity contribution in [2.24, 2.45) is 4.99 Å². The van der Waals surface area contributed by atoms with Crippen molar-refractivity contribution in [3.63, 3.8) is 0 Å². The van der Waals surface area contributed by atoms with E-state index in [4.69, 9.17) is 12.2 Å². The van der Waals surface area contributed by atoms with E-state index in [0.29, 0.717) is 0 Å². The molecule has 4 heteroatoms. The second kappa shape index (κ2) is 6.85. The van der Waals surface area contributed by atoms with E-state index < -0.39 is 0 Å². The summed E-state index contributed by atoms with van der Waals surface area (Å²) in [6, 6.07) is 14.5. The van der Waals surface area contributed by atoms with Crippen molar-refractivity contribution in [2.45, 2.75) is 6.42 Å². The largest absolute Gasteiger partial charge is 0.388 e. The third-order valence-corrected chi connectivity index (χ3v) is 3.27. The Labute approximate surface area is 124 Å². The van der Waals surface area contributed by atoms with E-state index in [0.717, 1.165) is 29.0 Å². The minimum absolute atomic E-state index is 0.823. The number of nitrogens with one attached hydrogen (secondary N) is 2. The molecule has 0 aliphatic heterocycles. The lowest BCUT2D eigenvalue weighted by Gasteiger charge is -2.08. The lowest BCUT2D eigenvalue weighted by Crippen LogP contribution is -1.93. The zero-order valence-electron chi connectivity index (χ0n) is 11.6. The van der Waals surface area contributed by atoms with Gasteiger partial charge in [-0.05, 0) is 54.0 Å². The molecule has 0 bridgehead atoms. The summed E-state index contributed by atoms with van der Waals surface area (Å²) in [4.78, 5) is 4.16. The van der Waals surface area contributed by atoms with Crippen LogP contribution in [0.3, 0.4) is 0 Å². The summed E-state index contributed by atoms with van der Waals surface area (Å²) in [6.45, 7) is 0. The highest BCUT2D eigenvalue weighted by molar-refractivity contribution is 7.78. The summed E-state index contributed by atoms with van der Waals surface area (Å²) in [5, 5.41) is 8.67. The molecule has 0 saturated carbocycles. The molecule has 0 amide bonds. The lowest BCUT2D eigenvalue weighted by atomic mass is 10.0. The number of isothiocyanates is 1. The molecule has 0 aliphatic rings. The molecule has 2 aromatic rings. The Kier molecular flexibility index (Phi) is 4.88. The number of hydrogen-bond donors (Lipinski definition) is 2. The third kappa shape index (κ3) is 3.44. The van der Waals surface area contributed by atoms with Crippen molar-refractivity contribution in [3.8, 4) is 0 Å². The first kappa shape index (κ1) is 14.3. The van der Waals surface area contributed by atoms with Gasteiger partial charge in [-0.25, -0.2) is 0 Å². The van der Waals surface area contributed by atoms with E-state index in [1.54, 1.807) is 0 Å². The number of aliphatic imine (C=N–C) groups is 1. The number of hydrogen-bond acceptors (Lipinski definition) is 4. The van der Waals surface area contributed by atoms with E-state index >= 15 is 0 Å². The summed E-state index contributed by atoms with van der Waals surface area (Å²) in [5.41, 5.74) is 5.37. The van der Waals surface area contributed by atoms with E-state index in [1.807, 2.05) is 26.2 Å². The molecule has 0 saturated heterocycles. The maximum Gasteiger partial charge on any atom is 0.0795 e. The maximum atomic E-state index is 4.73.